The quantitative estimate of drug-likeness (QED) is 0.438. The monoisotopic (exact) mass is 451 g/mol. The van der Waals surface area contributed by atoms with E-state index in [4.69, 9.17) is 0 Å². The molecule has 0 saturated carbocycles. The summed E-state index contributed by atoms with van der Waals surface area (Å²) in [5.41, 5.74) is 2.50. The summed E-state index contributed by atoms with van der Waals surface area (Å²) in [5, 5.41) is 10.5. The molecule has 0 saturated heterocycles. The van der Waals surface area contributed by atoms with Crippen molar-refractivity contribution >= 4 is 39.6 Å². The van der Waals surface area contributed by atoms with Gasteiger partial charge in [-0.3, -0.25) is 19.6 Å². The standard InChI is InChI=1S/C22H21N5O2S2/c1-14-20(19-9-8-18(31-19)12-23-15(2)28)25-22(30-14)26-21(29)17-6-4-16(5-7-17)13-27-11-3-10-24-27/h3-11H,12-13H2,1-2H3,(H,23,28)(H,25,26,29). The molecule has 1 aromatic carbocycles. The maximum Gasteiger partial charge on any atom is 0.257 e. The van der Waals surface area contributed by atoms with Gasteiger partial charge < -0.3 is 5.32 Å². The van der Waals surface area contributed by atoms with Gasteiger partial charge in [-0.25, -0.2) is 4.98 Å². The van der Waals surface area contributed by atoms with Crippen molar-refractivity contribution in [2.75, 3.05) is 5.32 Å². The van der Waals surface area contributed by atoms with Crippen LogP contribution in [0.15, 0.2) is 54.9 Å². The Morgan fingerprint density at radius 1 is 1.10 bits per heavy atom. The Labute approximate surface area is 187 Å². The summed E-state index contributed by atoms with van der Waals surface area (Å²) in [6, 6.07) is 13.3. The van der Waals surface area contributed by atoms with Crippen LogP contribution < -0.4 is 10.6 Å². The fourth-order valence-electron chi connectivity index (χ4n) is 3.00. The van der Waals surface area contributed by atoms with Crippen molar-refractivity contribution < 1.29 is 9.59 Å². The van der Waals surface area contributed by atoms with Crippen LogP contribution in [0.4, 0.5) is 5.13 Å². The SMILES string of the molecule is CC(=O)NCc1ccc(-c2nc(NC(=O)c3ccc(Cn4cccn4)cc3)sc2C)s1. The van der Waals surface area contributed by atoms with Gasteiger partial charge in [0.05, 0.1) is 23.7 Å². The van der Waals surface area contributed by atoms with E-state index in [1.807, 2.05) is 60.3 Å². The highest BCUT2D eigenvalue weighted by Gasteiger charge is 2.15. The van der Waals surface area contributed by atoms with Crippen LogP contribution in [0.3, 0.4) is 0 Å². The molecular formula is C22H21N5O2S2. The molecule has 3 aromatic heterocycles. The fourth-order valence-corrected chi connectivity index (χ4v) is 4.88. The first kappa shape index (κ1) is 21.0. The number of hydrogen-bond donors (Lipinski definition) is 2. The lowest BCUT2D eigenvalue weighted by atomic mass is 10.1. The second-order valence-electron chi connectivity index (χ2n) is 6.95. The van der Waals surface area contributed by atoms with E-state index >= 15 is 0 Å². The molecule has 4 aromatic rings. The molecule has 0 aliphatic carbocycles. The Morgan fingerprint density at radius 2 is 1.90 bits per heavy atom. The normalized spacial score (nSPS) is 10.8. The Morgan fingerprint density at radius 3 is 2.61 bits per heavy atom. The summed E-state index contributed by atoms with van der Waals surface area (Å²) < 4.78 is 1.83. The third-order valence-electron chi connectivity index (χ3n) is 4.54. The van der Waals surface area contributed by atoms with E-state index in [-0.39, 0.29) is 11.8 Å². The van der Waals surface area contributed by atoms with Crippen LogP contribution >= 0.6 is 22.7 Å². The number of carbonyl (C=O) groups is 2. The van der Waals surface area contributed by atoms with Crippen molar-refractivity contribution in [1.29, 1.82) is 0 Å². The molecule has 0 aliphatic rings. The summed E-state index contributed by atoms with van der Waals surface area (Å²) in [7, 11) is 0. The zero-order chi connectivity index (χ0) is 21.8. The number of amides is 2. The summed E-state index contributed by atoms with van der Waals surface area (Å²) in [5.74, 6) is -0.248. The van der Waals surface area contributed by atoms with E-state index in [0.717, 1.165) is 25.9 Å². The maximum atomic E-state index is 12.7. The highest BCUT2D eigenvalue weighted by Crippen LogP contribution is 2.34. The smallest absolute Gasteiger partial charge is 0.257 e. The van der Waals surface area contributed by atoms with E-state index < -0.39 is 0 Å². The lowest BCUT2D eigenvalue weighted by molar-refractivity contribution is -0.119. The van der Waals surface area contributed by atoms with Gasteiger partial charge in [-0.1, -0.05) is 12.1 Å². The Balaban J connectivity index is 1.41. The molecule has 31 heavy (non-hydrogen) atoms. The molecule has 0 atom stereocenters. The number of rotatable bonds is 7. The van der Waals surface area contributed by atoms with Crippen molar-refractivity contribution in [3.05, 3.63) is 75.7 Å². The molecule has 4 rings (SSSR count). The number of anilines is 1. The van der Waals surface area contributed by atoms with Crippen LogP contribution in [0, 0.1) is 6.92 Å². The van der Waals surface area contributed by atoms with E-state index in [1.54, 1.807) is 17.5 Å². The number of aromatic nitrogens is 3. The minimum absolute atomic E-state index is 0.0563. The Bertz CT molecular complexity index is 1190. The van der Waals surface area contributed by atoms with E-state index in [1.165, 1.54) is 18.3 Å². The average molecular weight is 452 g/mol. The topological polar surface area (TPSA) is 88.9 Å². The van der Waals surface area contributed by atoms with Crippen LogP contribution in [0.5, 0.6) is 0 Å². The number of hydrogen-bond acceptors (Lipinski definition) is 6. The van der Waals surface area contributed by atoms with Crippen molar-refractivity contribution in [2.45, 2.75) is 26.9 Å². The van der Waals surface area contributed by atoms with Crippen molar-refractivity contribution in [1.82, 2.24) is 20.1 Å². The lowest BCUT2D eigenvalue weighted by Gasteiger charge is -2.05. The van der Waals surface area contributed by atoms with Gasteiger partial charge in [-0.15, -0.1) is 22.7 Å². The first-order chi connectivity index (χ1) is 15.0. The third kappa shape index (κ3) is 5.25. The summed E-state index contributed by atoms with van der Waals surface area (Å²) >= 11 is 3.03. The van der Waals surface area contributed by atoms with Crippen LogP contribution in [-0.4, -0.2) is 26.6 Å². The van der Waals surface area contributed by atoms with Crippen LogP contribution in [0.1, 0.15) is 32.6 Å². The number of thiazole rings is 1. The van der Waals surface area contributed by atoms with Gasteiger partial charge in [-0.05, 0) is 42.8 Å². The van der Waals surface area contributed by atoms with E-state index in [9.17, 15) is 9.59 Å². The largest absolute Gasteiger partial charge is 0.351 e. The molecule has 3 heterocycles. The average Bonchev–Trinajstić information content (AvgIpc) is 3.48. The lowest BCUT2D eigenvalue weighted by Crippen LogP contribution is -2.17. The van der Waals surface area contributed by atoms with Gasteiger partial charge >= 0.3 is 0 Å². The molecular weight excluding hydrogens is 430 g/mol. The number of carbonyl (C=O) groups excluding carboxylic acids is 2. The summed E-state index contributed by atoms with van der Waals surface area (Å²) in [6.07, 6.45) is 3.64. The molecule has 0 spiro atoms. The second-order valence-corrected chi connectivity index (χ2v) is 9.33. The number of benzene rings is 1. The van der Waals surface area contributed by atoms with E-state index in [2.05, 4.69) is 20.7 Å². The zero-order valence-corrected chi connectivity index (χ0v) is 18.7. The highest BCUT2D eigenvalue weighted by molar-refractivity contribution is 7.18. The predicted molar refractivity (Wildman–Crippen MR) is 123 cm³/mol. The Kier molecular flexibility index (Phi) is 6.24. The fraction of sp³-hybridized carbons (Fsp3) is 0.182. The van der Waals surface area contributed by atoms with Crippen molar-refractivity contribution in [2.24, 2.45) is 0 Å². The molecule has 158 valence electrons. The zero-order valence-electron chi connectivity index (χ0n) is 17.1. The van der Waals surface area contributed by atoms with Gasteiger partial charge in [0.2, 0.25) is 5.91 Å². The second kappa shape index (κ2) is 9.23. The first-order valence-electron chi connectivity index (χ1n) is 9.66. The van der Waals surface area contributed by atoms with Gasteiger partial charge in [0.1, 0.15) is 0 Å². The first-order valence-corrected chi connectivity index (χ1v) is 11.3. The molecule has 2 amide bonds. The minimum atomic E-state index is -0.191. The Hall–Kier alpha value is -3.30. The van der Waals surface area contributed by atoms with Gasteiger partial charge in [0.15, 0.2) is 5.13 Å². The maximum absolute atomic E-state index is 12.7. The number of thiophene rings is 1. The third-order valence-corrected chi connectivity index (χ3v) is 6.52. The highest BCUT2D eigenvalue weighted by atomic mass is 32.1. The number of aryl methyl sites for hydroxylation is 1. The molecule has 0 bridgehead atoms. The van der Waals surface area contributed by atoms with Gasteiger partial charge in [0, 0.05) is 34.6 Å². The summed E-state index contributed by atoms with van der Waals surface area (Å²) in [4.78, 5) is 31.5. The molecule has 2 N–H and O–H groups in total. The van der Waals surface area contributed by atoms with E-state index in [0.29, 0.717) is 23.8 Å². The molecule has 0 unspecified atom stereocenters. The molecule has 9 heteroatoms. The summed E-state index contributed by atoms with van der Waals surface area (Å²) in [6.45, 7) is 4.65. The van der Waals surface area contributed by atoms with Crippen molar-refractivity contribution in [3.8, 4) is 10.6 Å². The molecule has 0 aliphatic heterocycles. The minimum Gasteiger partial charge on any atom is -0.351 e. The van der Waals surface area contributed by atoms with Gasteiger partial charge in [0.25, 0.3) is 5.91 Å². The van der Waals surface area contributed by atoms with Crippen LogP contribution in [0.25, 0.3) is 10.6 Å². The molecule has 0 radical (unpaired) electrons. The van der Waals surface area contributed by atoms with Crippen LogP contribution in [0.2, 0.25) is 0 Å². The van der Waals surface area contributed by atoms with Crippen LogP contribution in [-0.2, 0) is 17.9 Å². The predicted octanol–water partition coefficient (Wildman–Crippen LogP) is 4.31. The van der Waals surface area contributed by atoms with Gasteiger partial charge in [-0.2, -0.15) is 5.10 Å². The number of nitrogens with one attached hydrogen (secondary N) is 2. The molecule has 0 fully saturated rings. The molecule has 7 nitrogen and oxygen atoms in total. The number of nitrogens with zero attached hydrogens (tertiary/aromatic N) is 3. The van der Waals surface area contributed by atoms with Crippen molar-refractivity contribution in [3.63, 3.8) is 0 Å².